The molecule has 2 aliphatic heterocycles. The van der Waals surface area contributed by atoms with E-state index in [0.29, 0.717) is 11.6 Å². The quantitative estimate of drug-likeness (QED) is 0.488. The molecule has 7 nitrogen and oxygen atoms in total. The van der Waals surface area contributed by atoms with E-state index in [1.807, 2.05) is 54.9 Å². The maximum absolute atomic E-state index is 12.6. The van der Waals surface area contributed by atoms with Crippen molar-refractivity contribution < 1.29 is 8.42 Å². The summed E-state index contributed by atoms with van der Waals surface area (Å²) in [5.41, 5.74) is 5.88. The molecule has 1 saturated heterocycles. The molecular weight excluding hydrogens is 470 g/mol. The highest BCUT2D eigenvalue weighted by molar-refractivity contribution is 7.91. The van der Waals surface area contributed by atoms with Gasteiger partial charge in [0.15, 0.2) is 0 Å². The van der Waals surface area contributed by atoms with E-state index >= 15 is 0 Å². The fourth-order valence-electron chi connectivity index (χ4n) is 5.14. The first-order chi connectivity index (χ1) is 17.4. The van der Waals surface area contributed by atoms with Crippen LogP contribution in [-0.2, 0) is 15.8 Å². The van der Waals surface area contributed by atoms with Gasteiger partial charge in [-0.05, 0) is 48.1 Å². The molecule has 3 aromatic rings. The number of nitrogens with zero attached hydrogens (tertiary/aromatic N) is 3. The SMILES string of the molecule is CCC1=CN=c2[nH]ccc2=C(N2CCC(C(C)c3ccc(NS(=O)(=O)Cc4ccccc4)cn3)C2)C1. The molecule has 0 spiro atoms. The molecule has 2 aliphatic rings. The first kappa shape index (κ1) is 24.3. The van der Waals surface area contributed by atoms with Crippen LogP contribution in [0.15, 0.2) is 77.7 Å². The van der Waals surface area contributed by atoms with Crippen LogP contribution in [0.3, 0.4) is 0 Å². The van der Waals surface area contributed by atoms with E-state index in [2.05, 4.69) is 44.5 Å². The molecule has 0 saturated carbocycles. The summed E-state index contributed by atoms with van der Waals surface area (Å²) in [6.07, 6.45) is 8.64. The van der Waals surface area contributed by atoms with E-state index in [1.54, 1.807) is 6.20 Å². The lowest BCUT2D eigenvalue weighted by atomic mass is 9.90. The van der Waals surface area contributed by atoms with E-state index < -0.39 is 10.0 Å². The van der Waals surface area contributed by atoms with Crippen LogP contribution >= 0.6 is 0 Å². The third-order valence-corrected chi connectivity index (χ3v) is 8.56. The fourth-order valence-corrected chi connectivity index (χ4v) is 6.32. The van der Waals surface area contributed by atoms with Gasteiger partial charge in [-0.1, -0.05) is 44.2 Å². The Morgan fingerprint density at radius 2 is 2.00 bits per heavy atom. The Hall–Kier alpha value is -3.39. The summed E-state index contributed by atoms with van der Waals surface area (Å²) in [4.78, 5) is 15.1. The summed E-state index contributed by atoms with van der Waals surface area (Å²) in [5.74, 6) is 0.684. The van der Waals surface area contributed by atoms with Gasteiger partial charge in [0.05, 0.1) is 17.6 Å². The van der Waals surface area contributed by atoms with Crippen molar-refractivity contribution in [3.63, 3.8) is 0 Å². The average molecular weight is 504 g/mol. The van der Waals surface area contributed by atoms with Gasteiger partial charge in [0.1, 0.15) is 5.49 Å². The topological polar surface area (TPSA) is 90.5 Å². The van der Waals surface area contributed by atoms with E-state index in [0.717, 1.165) is 49.1 Å². The highest BCUT2D eigenvalue weighted by Gasteiger charge is 2.30. The number of sulfonamides is 1. The maximum Gasteiger partial charge on any atom is 0.236 e. The van der Waals surface area contributed by atoms with Crippen molar-refractivity contribution in [3.8, 4) is 0 Å². The lowest BCUT2D eigenvalue weighted by molar-refractivity contribution is 0.412. The van der Waals surface area contributed by atoms with Crippen LogP contribution in [0.1, 0.15) is 50.3 Å². The number of rotatable bonds is 8. The Labute approximate surface area is 212 Å². The number of hydrogen-bond donors (Lipinski definition) is 2. The van der Waals surface area contributed by atoms with Crippen molar-refractivity contribution in [3.05, 3.63) is 94.7 Å². The number of aromatic nitrogens is 2. The number of likely N-dealkylation sites (tertiary alicyclic amines) is 1. The van der Waals surface area contributed by atoms with E-state index in [1.165, 1.54) is 16.5 Å². The minimum Gasteiger partial charge on any atom is -0.374 e. The van der Waals surface area contributed by atoms with Crippen molar-refractivity contribution in [2.45, 2.75) is 44.8 Å². The number of anilines is 1. The van der Waals surface area contributed by atoms with Crippen molar-refractivity contribution >= 4 is 21.4 Å². The number of pyridine rings is 1. The minimum absolute atomic E-state index is 0.0617. The number of hydrogen-bond acceptors (Lipinski definition) is 5. The van der Waals surface area contributed by atoms with Crippen molar-refractivity contribution in [1.82, 2.24) is 14.9 Å². The molecule has 2 N–H and O–H groups in total. The van der Waals surface area contributed by atoms with E-state index in [9.17, 15) is 8.42 Å². The smallest absolute Gasteiger partial charge is 0.236 e. The number of benzene rings is 1. The van der Waals surface area contributed by atoms with Gasteiger partial charge in [0.25, 0.3) is 0 Å². The van der Waals surface area contributed by atoms with Gasteiger partial charge < -0.3 is 9.88 Å². The van der Waals surface area contributed by atoms with Crippen molar-refractivity contribution in [2.24, 2.45) is 10.9 Å². The lowest BCUT2D eigenvalue weighted by Crippen LogP contribution is -2.32. The molecule has 2 aromatic heterocycles. The third-order valence-electron chi connectivity index (χ3n) is 7.30. The Balaban J connectivity index is 1.26. The molecular formula is C28H33N5O2S. The molecule has 8 heteroatoms. The third kappa shape index (κ3) is 5.38. The van der Waals surface area contributed by atoms with Crippen LogP contribution in [0.25, 0.3) is 5.70 Å². The molecule has 5 rings (SSSR count). The largest absolute Gasteiger partial charge is 0.374 e. The zero-order valence-electron chi connectivity index (χ0n) is 20.8. The molecule has 0 radical (unpaired) electrons. The van der Waals surface area contributed by atoms with Crippen LogP contribution in [0.5, 0.6) is 0 Å². The standard InChI is InChI=1S/C28H33N5O2S/c1-3-21-15-27(25-11-13-29-28(25)31-16-21)33-14-12-23(18-33)20(2)26-10-9-24(17-30-26)32-36(34,35)19-22-7-5-4-6-8-22/h4-11,13,16-17,20,23,32H,3,12,14-15,18-19H2,1-2H3,(H,29,31). The zero-order valence-corrected chi connectivity index (χ0v) is 21.6. The normalized spacial score (nSPS) is 18.7. The summed E-state index contributed by atoms with van der Waals surface area (Å²) in [6.45, 7) is 6.40. The van der Waals surface area contributed by atoms with Crippen LogP contribution in [0.4, 0.5) is 5.69 Å². The van der Waals surface area contributed by atoms with E-state index in [4.69, 9.17) is 0 Å². The second-order valence-corrected chi connectivity index (χ2v) is 11.5. The van der Waals surface area contributed by atoms with Gasteiger partial charge in [-0.15, -0.1) is 0 Å². The zero-order chi connectivity index (χ0) is 25.1. The fraction of sp³-hybridized carbons (Fsp3) is 0.357. The Morgan fingerprint density at radius 1 is 1.17 bits per heavy atom. The molecule has 0 amide bonds. The maximum atomic E-state index is 12.6. The summed E-state index contributed by atoms with van der Waals surface area (Å²) < 4.78 is 27.8. The van der Waals surface area contributed by atoms with Gasteiger partial charge in [-0.25, -0.2) is 13.4 Å². The monoisotopic (exact) mass is 503 g/mol. The number of H-pyrrole nitrogens is 1. The Kier molecular flexibility index (Phi) is 6.96. The minimum atomic E-state index is -3.50. The molecule has 2 atom stereocenters. The summed E-state index contributed by atoms with van der Waals surface area (Å²) in [6, 6.07) is 15.1. The van der Waals surface area contributed by atoms with Gasteiger partial charge >= 0.3 is 0 Å². The molecule has 188 valence electrons. The van der Waals surface area contributed by atoms with Gasteiger partial charge in [-0.3, -0.25) is 9.71 Å². The molecule has 1 aromatic carbocycles. The van der Waals surface area contributed by atoms with Gasteiger partial charge in [0.2, 0.25) is 10.0 Å². The molecule has 4 heterocycles. The predicted octanol–water partition coefficient (Wildman–Crippen LogP) is 3.90. The van der Waals surface area contributed by atoms with E-state index in [-0.39, 0.29) is 11.7 Å². The highest BCUT2D eigenvalue weighted by Crippen LogP contribution is 2.34. The molecule has 0 bridgehead atoms. The van der Waals surface area contributed by atoms with Crippen LogP contribution < -0.4 is 15.4 Å². The van der Waals surface area contributed by atoms with Gasteiger partial charge in [-0.2, -0.15) is 0 Å². The highest BCUT2D eigenvalue weighted by atomic mass is 32.2. The molecule has 1 fully saturated rings. The summed E-state index contributed by atoms with van der Waals surface area (Å²) in [5, 5.41) is 1.20. The van der Waals surface area contributed by atoms with Crippen LogP contribution in [-0.4, -0.2) is 36.4 Å². The van der Waals surface area contributed by atoms with Gasteiger partial charge in [0, 0.05) is 54.4 Å². The number of aromatic amines is 1. The first-order valence-corrected chi connectivity index (χ1v) is 14.2. The Bertz CT molecular complexity index is 1460. The Morgan fingerprint density at radius 3 is 2.75 bits per heavy atom. The van der Waals surface area contributed by atoms with Crippen LogP contribution in [0.2, 0.25) is 0 Å². The van der Waals surface area contributed by atoms with Crippen molar-refractivity contribution in [2.75, 3.05) is 17.8 Å². The second kappa shape index (κ2) is 10.3. The summed E-state index contributed by atoms with van der Waals surface area (Å²) in [7, 11) is -3.50. The lowest BCUT2D eigenvalue weighted by Gasteiger charge is -2.24. The number of fused-ring (bicyclic) bond motifs is 1. The number of nitrogens with one attached hydrogen (secondary N) is 2. The average Bonchev–Trinajstić information content (AvgIpc) is 3.52. The van der Waals surface area contributed by atoms with Crippen LogP contribution in [0, 0.1) is 5.92 Å². The molecule has 36 heavy (non-hydrogen) atoms. The molecule has 2 unspecified atom stereocenters. The summed E-state index contributed by atoms with van der Waals surface area (Å²) >= 11 is 0. The predicted molar refractivity (Wildman–Crippen MR) is 143 cm³/mol. The van der Waals surface area contributed by atoms with Crippen molar-refractivity contribution in [1.29, 1.82) is 0 Å². The molecule has 0 aliphatic carbocycles. The first-order valence-electron chi connectivity index (χ1n) is 12.6. The second-order valence-electron chi connectivity index (χ2n) is 9.74.